The molecule has 8 atom stereocenters. The number of aliphatic hydroxyl groups is 1. The van der Waals surface area contributed by atoms with Crippen LogP contribution in [0, 0.1) is 23.7 Å². The molecule has 1 aromatic carbocycles. The summed E-state index contributed by atoms with van der Waals surface area (Å²) in [5, 5.41) is 10.7. The minimum Gasteiger partial charge on any atom is -0.394 e. The van der Waals surface area contributed by atoms with Crippen LogP contribution in [0.2, 0.25) is 0 Å². The van der Waals surface area contributed by atoms with Crippen LogP contribution in [0.4, 0.5) is 5.69 Å². The number of nitrogens with zero attached hydrogens (tertiary/aromatic N) is 3. The molecule has 1 N–H and O–H groups in total. The smallest absolute Gasteiger partial charge is 0.248 e. The fourth-order valence-corrected chi connectivity index (χ4v) is 7.90. The standard InChI is InChI=1S/C35H51N3O5/c1-8-12-16-21-36(19-9-2)33(42)30-35-22-25(6)34(7,43-35)28(29(35)32(41)38(30)27(23-39)24(5)11-4)31(40)37(20-10-3)26-17-14-13-15-18-26/h9-10,13-15,17-18,24-25,27-30,39H,2-3,8,11-12,16,19-23H2,1,4-7H3/t24-,25?,27-,28+,29-,30?,34-,35?/m0/s1. The highest BCUT2D eigenvalue weighted by Crippen LogP contribution is 2.66. The highest BCUT2D eigenvalue weighted by Gasteiger charge is 2.80. The fourth-order valence-electron chi connectivity index (χ4n) is 7.90. The van der Waals surface area contributed by atoms with Gasteiger partial charge in [-0.1, -0.05) is 77.3 Å². The number of rotatable bonds is 15. The minimum absolute atomic E-state index is 0.0617. The monoisotopic (exact) mass is 593 g/mol. The predicted molar refractivity (Wildman–Crippen MR) is 169 cm³/mol. The van der Waals surface area contributed by atoms with Crippen LogP contribution in [0.15, 0.2) is 55.6 Å². The topological polar surface area (TPSA) is 90.4 Å². The average Bonchev–Trinajstić information content (AvgIpc) is 3.52. The summed E-state index contributed by atoms with van der Waals surface area (Å²) in [6.45, 7) is 18.8. The SMILES string of the molecule is C=CCN(CCCCC)C(=O)C1N([C@@H](CO)[C@@H](C)CC)C(=O)[C@@H]2[C@H](C(=O)N(CC=C)c3ccccc3)[C@@]3(C)OC12CC3C. The Hall–Kier alpha value is -2.97. The fraction of sp³-hybridized carbons (Fsp3) is 0.629. The van der Waals surface area contributed by atoms with E-state index >= 15 is 0 Å². The molecule has 3 aliphatic rings. The Balaban J connectivity index is 1.86. The van der Waals surface area contributed by atoms with E-state index in [1.807, 2.05) is 51.1 Å². The van der Waals surface area contributed by atoms with Gasteiger partial charge in [-0.25, -0.2) is 0 Å². The van der Waals surface area contributed by atoms with Crippen LogP contribution in [0.5, 0.6) is 0 Å². The second-order valence-electron chi connectivity index (χ2n) is 12.9. The molecule has 8 heteroatoms. The van der Waals surface area contributed by atoms with Gasteiger partial charge in [0.2, 0.25) is 17.7 Å². The quantitative estimate of drug-likeness (QED) is 0.233. The molecule has 1 aromatic rings. The number of benzene rings is 1. The lowest BCUT2D eigenvalue weighted by Gasteiger charge is -2.41. The molecule has 0 aliphatic carbocycles. The molecule has 3 aliphatic heterocycles. The van der Waals surface area contributed by atoms with Crippen LogP contribution in [-0.2, 0) is 19.1 Å². The number of fused-ring (bicyclic) bond motifs is 1. The van der Waals surface area contributed by atoms with E-state index in [0.29, 0.717) is 19.5 Å². The third-order valence-corrected chi connectivity index (χ3v) is 10.4. The van der Waals surface area contributed by atoms with Gasteiger partial charge in [-0.05, 0) is 43.7 Å². The minimum atomic E-state index is -1.18. The molecule has 0 radical (unpaired) electrons. The number of carbonyl (C=O) groups is 3. The van der Waals surface area contributed by atoms with Crippen LogP contribution < -0.4 is 4.90 Å². The normalized spacial score (nSPS) is 30.6. The Kier molecular flexibility index (Phi) is 10.2. The maximum Gasteiger partial charge on any atom is 0.248 e. The van der Waals surface area contributed by atoms with Crippen molar-refractivity contribution in [1.82, 2.24) is 9.80 Å². The van der Waals surface area contributed by atoms with Crippen LogP contribution >= 0.6 is 0 Å². The Morgan fingerprint density at radius 2 is 1.81 bits per heavy atom. The lowest BCUT2D eigenvalue weighted by Crippen LogP contribution is -2.60. The maximum atomic E-state index is 14.8. The molecule has 3 heterocycles. The molecule has 3 unspecified atom stereocenters. The Morgan fingerprint density at radius 3 is 2.40 bits per heavy atom. The highest BCUT2D eigenvalue weighted by atomic mass is 16.5. The van der Waals surface area contributed by atoms with E-state index in [0.717, 1.165) is 31.4 Å². The predicted octanol–water partition coefficient (Wildman–Crippen LogP) is 4.83. The van der Waals surface area contributed by atoms with Gasteiger partial charge in [0.25, 0.3) is 0 Å². The number of para-hydroxylation sites is 1. The maximum absolute atomic E-state index is 14.8. The summed E-state index contributed by atoms with van der Waals surface area (Å²) in [6.07, 6.45) is 7.44. The zero-order valence-electron chi connectivity index (χ0n) is 26.7. The van der Waals surface area contributed by atoms with E-state index in [9.17, 15) is 19.5 Å². The second-order valence-corrected chi connectivity index (χ2v) is 12.9. The third-order valence-electron chi connectivity index (χ3n) is 10.4. The van der Waals surface area contributed by atoms with Crippen molar-refractivity contribution in [3.05, 3.63) is 55.6 Å². The number of ether oxygens (including phenoxy) is 1. The zero-order chi connectivity index (χ0) is 31.5. The largest absolute Gasteiger partial charge is 0.394 e. The number of hydrogen-bond donors (Lipinski definition) is 1. The number of hydrogen-bond acceptors (Lipinski definition) is 5. The van der Waals surface area contributed by atoms with Gasteiger partial charge in [-0.3, -0.25) is 14.4 Å². The molecule has 3 saturated heterocycles. The first kappa shape index (κ1) is 32.9. The van der Waals surface area contributed by atoms with E-state index in [2.05, 4.69) is 27.0 Å². The van der Waals surface area contributed by atoms with Gasteiger partial charge in [0.1, 0.15) is 11.6 Å². The second kappa shape index (κ2) is 13.3. The lowest BCUT2D eigenvalue weighted by atomic mass is 9.62. The molecule has 1 spiro atoms. The first-order valence-corrected chi connectivity index (χ1v) is 16.1. The van der Waals surface area contributed by atoms with Crippen molar-refractivity contribution in [2.45, 2.75) is 90.0 Å². The molecule has 43 heavy (non-hydrogen) atoms. The number of carbonyl (C=O) groups excluding carboxylic acids is 3. The van der Waals surface area contributed by atoms with Crippen molar-refractivity contribution in [2.75, 3.05) is 31.1 Å². The summed E-state index contributed by atoms with van der Waals surface area (Å²) < 4.78 is 6.99. The number of aliphatic hydroxyl groups excluding tert-OH is 1. The molecular weight excluding hydrogens is 542 g/mol. The van der Waals surface area contributed by atoms with Gasteiger partial charge >= 0.3 is 0 Å². The van der Waals surface area contributed by atoms with Crippen molar-refractivity contribution >= 4 is 23.4 Å². The van der Waals surface area contributed by atoms with Crippen molar-refractivity contribution in [2.24, 2.45) is 23.7 Å². The van der Waals surface area contributed by atoms with Gasteiger partial charge in [0.05, 0.1) is 30.1 Å². The molecule has 0 aromatic heterocycles. The number of unbranched alkanes of at least 4 members (excludes halogenated alkanes) is 2. The van der Waals surface area contributed by atoms with E-state index in [1.54, 1.807) is 26.9 Å². The third kappa shape index (κ3) is 5.46. The van der Waals surface area contributed by atoms with E-state index in [1.165, 1.54) is 0 Å². The van der Waals surface area contributed by atoms with E-state index < -0.39 is 35.1 Å². The van der Waals surface area contributed by atoms with Gasteiger partial charge in [-0.15, -0.1) is 13.2 Å². The molecule has 8 nitrogen and oxygen atoms in total. The van der Waals surface area contributed by atoms with Crippen molar-refractivity contribution in [3.63, 3.8) is 0 Å². The van der Waals surface area contributed by atoms with Gasteiger partial charge in [0.15, 0.2) is 0 Å². The van der Waals surface area contributed by atoms with Gasteiger partial charge in [0, 0.05) is 25.3 Å². The lowest BCUT2D eigenvalue weighted by molar-refractivity contribution is -0.156. The summed E-state index contributed by atoms with van der Waals surface area (Å²) in [6, 6.07) is 7.89. The van der Waals surface area contributed by atoms with Crippen molar-refractivity contribution in [1.29, 1.82) is 0 Å². The molecule has 0 saturated carbocycles. The highest BCUT2D eigenvalue weighted by molar-refractivity contribution is 6.03. The molecular formula is C35H51N3O5. The first-order chi connectivity index (χ1) is 20.6. The van der Waals surface area contributed by atoms with Crippen LogP contribution in [0.1, 0.15) is 66.7 Å². The number of anilines is 1. The number of likely N-dealkylation sites (tertiary alicyclic amines) is 1. The summed E-state index contributed by atoms with van der Waals surface area (Å²) in [5.41, 5.74) is -1.40. The molecule has 3 amide bonds. The van der Waals surface area contributed by atoms with Crippen LogP contribution in [-0.4, -0.2) is 82.2 Å². The van der Waals surface area contributed by atoms with E-state index in [4.69, 9.17) is 4.74 Å². The van der Waals surface area contributed by atoms with Gasteiger partial charge in [-0.2, -0.15) is 0 Å². The number of amides is 3. The zero-order valence-corrected chi connectivity index (χ0v) is 26.7. The first-order valence-electron chi connectivity index (χ1n) is 16.1. The Labute approximate surface area is 257 Å². The van der Waals surface area contributed by atoms with Crippen LogP contribution in [0.25, 0.3) is 0 Å². The Morgan fingerprint density at radius 1 is 1.14 bits per heavy atom. The molecule has 2 bridgehead atoms. The molecule has 4 rings (SSSR count). The summed E-state index contributed by atoms with van der Waals surface area (Å²) in [5.74, 6) is -2.45. The van der Waals surface area contributed by atoms with E-state index in [-0.39, 0.29) is 42.7 Å². The summed E-state index contributed by atoms with van der Waals surface area (Å²) in [7, 11) is 0. The average molecular weight is 594 g/mol. The molecule has 236 valence electrons. The van der Waals surface area contributed by atoms with Crippen LogP contribution in [0.3, 0.4) is 0 Å². The van der Waals surface area contributed by atoms with Crippen molar-refractivity contribution < 1.29 is 24.2 Å². The summed E-state index contributed by atoms with van der Waals surface area (Å²) >= 11 is 0. The Bertz CT molecular complexity index is 1190. The summed E-state index contributed by atoms with van der Waals surface area (Å²) in [4.78, 5) is 49.2. The van der Waals surface area contributed by atoms with Gasteiger partial charge < -0.3 is 24.5 Å². The van der Waals surface area contributed by atoms with Crippen molar-refractivity contribution in [3.8, 4) is 0 Å². The molecule has 3 fully saturated rings.